The van der Waals surface area contributed by atoms with Crippen LogP contribution in [-0.2, 0) is 4.79 Å². The quantitative estimate of drug-likeness (QED) is 0.566. The van der Waals surface area contributed by atoms with E-state index in [0.717, 1.165) is 5.56 Å². The van der Waals surface area contributed by atoms with Gasteiger partial charge in [0.05, 0.1) is 0 Å². The summed E-state index contributed by atoms with van der Waals surface area (Å²) in [5, 5.41) is 2.57. The van der Waals surface area contributed by atoms with Crippen LogP contribution in [0.1, 0.15) is 15.9 Å². The first kappa shape index (κ1) is 16.4. The van der Waals surface area contributed by atoms with Gasteiger partial charge in [0.25, 0.3) is 11.7 Å². The van der Waals surface area contributed by atoms with Crippen LogP contribution in [-0.4, -0.2) is 16.7 Å². The minimum absolute atomic E-state index is 0.221. The van der Waals surface area contributed by atoms with Crippen LogP contribution in [0.2, 0.25) is 0 Å². The van der Waals surface area contributed by atoms with Crippen molar-refractivity contribution in [2.45, 2.75) is 6.92 Å². The molecule has 3 rings (SSSR count). The number of carbonyl (C=O) groups excluding carboxylic acids is 2. The van der Waals surface area contributed by atoms with Crippen molar-refractivity contribution in [3.8, 4) is 11.6 Å². The van der Waals surface area contributed by atoms with Crippen molar-refractivity contribution in [3.05, 3.63) is 84.1 Å². The highest BCUT2D eigenvalue weighted by atomic mass is 16.5. The standard InChI is InChI=1S/C20H16N2O3/c1-14-9-11-15(12-10-14)18(23)19(24)22-17-8-5-13-21-20(17)25-16-6-3-2-4-7-16/h2-13H,1H3,(H,22,24). The van der Waals surface area contributed by atoms with Crippen LogP contribution in [0.3, 0.4) is 0 Å². The molecule has 0 saturated carbocycles. The van der Waals surface area contributed by atoms with Gasteiger partial charge in [-0.25, -0.2) is 4.98 Å². The molecular weight excluding hydrogens is 316 g/mol. The summed E-state index contributed by atoms with van der Waals surface area (Å²) in [7, 11) is 0. The van der Waals surface area contributed by atoms with E-state index in [4.69, 9.17) is 4.74 Å². The summed E-state index contributed by atoms with van der Waals surface area (Å²) < 4.78 is 5.67. The number of ketones is 1. The van der Waals surface area contributed by atoms with Gasteiger partial charge in [-0.15, -0.1) is 0 Å². The highest BCUT2D eigenvalue weighted by Crippen LogP contribution is 2.26. The number of hydrogen-bond acceptors (Lipinski definition) is 4. The number of aromatic nitrogens is 1. The van der Waals surface area contributed by atoms with E-state index in [1.165, 1.54) is 0 Å². The lowest BCUT2D eigenvalue weighted by molar-refractivity contribution is -0.112. The molecule has 124 valence electrons. The highest BCUT2D eigenvalue weighted by molar-refractivity contribution is 6.46. The van der Waals surface area contributed by atoms with Crippen LogP contribution in [0.25, 0.3) is 0 Å². The summed E-state index contributed by atoms with van der Waals surface area (Å²) in [4.78, 5) is 28.6. The van der Waals surface area contributed by atoms with E-state index in [1.54, 1.807) is 54.7 Å². The Balaban J connectivity index is 1.77. The van der Waals surface area contributed by atoms with Crippen LogP contribution in [0.15, 0.2) is 72.9 Å². The Morgan fingerprint density at radius 1 is 0.920 bits per heavy atom. The second kappa shape index (κ2) is 7.40. The minimum atomic E-state index is -0.741. The normalized spacial score (nSPS) is 10.1. The molecule has 2 aromatic carbocycles. The molecule has 0 atom stereocenters. The minimum Gasteiger partial charge on any atom is -0.437 e. The maximum Gasteiger partial charge on any atom is 0.296 e. The number of aryl methyl sites for hydroxylation is 1. The molecule has 0 radical (unpaired) electrons. The van der Waals surface area contributed by atoms with Crippen LogP contribution < -0.4 is 10.1 Å². The maximum absolute atomic E-state index is 12.3. The average molecular weight is 332 g/mol. The number of rotatable bonds is 5. The zero-order chi connectivity index (χ0) is 17.6. The number of para-hydroxylation sites is 1. The number of ether oxygens (including phenoxy) is 1. The molecule has 1 N–H and O–H groups in total. The topological polar surface area (TPSA) is 68.3 Å². The predicted molar refractivity (Wildman–Crippen MR) is 94.9 cm³/mol. The van der Waals surface area contributed by atoms with Crippen molar-refractivity contribution in [1.82, 2.24) is 4.98 Å². The monoisotopic (exact) mass is 332 g/mol. The summed E-state index contributed by atoms with van der Waals surface area (Å²) >= 11 is 0. The number of hydrogen-bond donors (Lipinski definition) is 1. The summed E-state index contributed by atoms with van der Waals surface area (Å²) in [5.74, 6) is -0.551. The lowest BCUT2D eigenvalue weighted by atomic mass is 10.1. The first-order valence-electron chi connectivity index (χ1n) is 7.74. The summed E-state index contributed by atoms with van der Waals surface area (Å²) in [6.45, 7) is 1.91. The SMILES string of the molecule is Cc1ccc(C(=O)C(=O)Nc2cccnc2Oc2ccccc2)cc1. The molecule has 1 heterocycles. The Morgan fingerprint density at radius 2 is 1.64 bits per heavy atom. The molecule has 1 aromatic heterocycles. The third-order valence-corrected chi connectivity index (χ3v) is 3.50. The van der Waals surface area contributed by atoms with Crippen molar-refractivity contribution in [2.24, 2.45) is 0 Å². The van der Waals surface area contributed by atoms with Crippen molar-refractivity contribution in [1.29, 1.82) is 0 Å². The van der Waals surface area contributed by atoms with E-state index in [1.807, 2.05) is 25.1 Å². The third-order valence-electron chi connectivity index (χ3n) is 3.50. The zero-order valence-corrected chi connectivity index (χ0v) is 13.6. The Labute approximate surface area is 145 Å². The van der Waals surface area contributed by atoms with E-state index in [9.17, 15) is 9.59 Å². The summed E-state index contributed by atoms with van der Waals surface area (Å²) in [6.07, 6.45) is 1.55. The number of amides is 1. The van der Waals surface area contributed by atoms with Gasteiger partial charge in [0.15, 0.2) is 0 Å². The first-order valence-corrected chi connectivity index (χ1v) is 7.74. The van der Waals surface area contributed by atoms with E-state index < -0.39 is 11.7 Å². The van der Waals surface area contributed by atoms with Gasteiger partial charge in [-0.05, 0) is 31.2 Å². The highest BCUT2D eigenvalue weighted by Gasteiger charge is 2.18. The van der Waals surface area contributed by atoms with Gasteiger partial charge in [-0.2, -0.15) is 0 Å². The van der Waals surface area contributed by atoms with Gasteiger partial charge in [0.1, 0.15) is 11.4 Å². The zero-order valence-electron chi connectivity index (χ0n) is 13.6. The number of benzene rings is 2. The van der Waals surface area contributed by atoms with E-state index in [-0.39, 0.29) is 5.88 Å². The Hall–Kier alpha value is -3.47. The lowest BCUT2D eigenvalue weighted by Gasteiger charge is -2.10. The van der Waals surface area contributed by atoms with Gasteiger partial charge in [0, 0.05) is 11.8 Å². The molecule has 1 amide bonds. The first-order chi connectivity index (χ1) is 12.1. The van der Waals surface area contributed by atoms with E-state index in [2.05, 4.69) is 10.3 Å². The Bertz CT molecular complexity index is 890. The molecule has 0 aliphatic rings. The summed E-state index contributed by atoms with van der Waals surface area (Å²) in [5.41, 5.74) is 1.68. The van der Waals surface area contributed by atoms with Gasteiger partial charge < -0.3 is 10.1 Å². The van der Waals surface area contributed by atoms with E-state index in [0.29, 0.717) is 17.0 Å². The lowest BCUT2D eigenvalue weighted by Crippen LogP contribution is -2.23. The molecule has 5 heteroatoms. The van der Waals surface area contributed by atoms with Crippen LogP contribution in [0, 0.1) is 6.92 Å². The molecular formula is C20H16N2O3. The molecule has 0 saturated heterocycles. The molecule has 0 spiro atoms. The van der Waals surface area contributed by atoms with Gasteiger partial charge in [-0.3, -0.25) is 9.59 Å². The number of nitrogens with one attached hydrogen (secondary N) is 1. The van der Waals surface area contributed by atoms with Gasteiger partial charge >= 0.3 is 0 Å². The second-order valence-electron chi connectivity index (χ2n) is 5.42. The molecule has 0 unspecified atom stereocenters. The second-order valence-corrected chi connectivity index (χ2v) is 5.42. The van der Waals surface area contributed by atoms with E-state index >= 15 is 0 Å². The maximum atomic E-state index is 12.3. The fourth-order valence-electron chi connectivity index (χ4n) is 2.18. The largest absolute Gasteiger partial charge is 0.437 e. The third kappa shape index (κ3) is 4.09. The molecule has 5 nitrogen and oxygen atoms in total. The number of carbonyl (C=O) groups is 2. The van der Waals surface area contributed by atoms with Crippen molar-refractivity contribution < 1.29 is 14.3 Å². The van der Waals surface area contributed by atoms with Crippen LogP contribution in [0.5, 0.6) is 11.6 Å². The molecule has 3 aromatic rings. The fourth-order valence-corrected chi connectivity index (χ4v) is 2.18. The summed E-state index contributed by atoms with van der Waals surface area (Å²) in [6, 6.07) is 19.2. The number of nitrogens with zero attached hydrogens (tertiary/aromatic N) is 1. The van der Waals surface area contributed by atoms with Crippen molar-refractivity contribution in [2.75, 3.05) is 5.32 Å². The predicted octanol–water partition coefficient (Wildman–Crippen LogP) is 4.00. The van der Waals surface area contributed by atoms with Crippen molar-refractivity contribution >= 4 is 17.4 Å². The van der Waals surface area contributed by atoms with Crippen molar-refractivity contribution in [3.63, 3.8) is 0 Å². The Morgan fingerprint density at radius 3 is 2.36 bits per heavy atom. The fraction of sp³-hybridized carbons (Fsp3) is 0.0500. The molecule has 0 bridgehead atoms. The molecule has 0 aliphatic heterocycles. The smallest absolute Gasteiger partial charge is 0.296 e. The number of Topliss-reactive ketones (excluding diaryl/α,β-unsaturated/α-hetero) is 1. The molecule has 0 aliphatic carbocycles. The van der Waals surface area contributed by atoms with Crippen LogP contribution >= 0.6 is 0 Å². The average Bonchev–Trinajstić information content (AvgIpc) is 2.64. The van der Waals surface area contributed by atoms with Crippen LogP contribution in [0.4, 0.5) is 5.69 Å². The van der Waals surface area contributed by atoms with Gasteiger partial charge in [-0.1, -0.05) is 48.0 Å². The molecule has 0 fully saturated rings. The van der Waals surface area contributed by atoms with Gasteiger partial charge in [0.2, 0.25) is 5.88 Å². The molecule has 25 heavy (non-hydrogen) atoms. The number of anilines is 1. The number of pyridine rings is 1. The Kier molecular flexibility index (Phi) is 4.85.